The number of hydrogen-bond donors (Lipinski definition) is 1. The normalized spacial score (nSPS) is 10.9. The average Bonchev–Trinajstić information content (AvgIpc) is 2.77. The van der Waals surface area contributed by atoms with Gasteiger partial charge in [-0.2, -0.15) is 0 Å². The summed E-state index contributed by atoms with van der Waals surface area (Å²) in [5.41, 5.74) is 9.24. The maximum Gasteiger partial charge on any atom is 0.0716 e. The first-order valence-electron chi connectivity index (χ1n) is 5.82. The van der Waals surface area contributed by atoms with E-state index < -0.39 is 0 Å². The number of para-hydroxylation sites is 1. The third-order valence-electron chi connectivity index (χ3n) is 3.12. The van der Waals surface area contributed by atoms with E-state index in [9.17, 15) is 0 Å². The number of anilines is 1. The summed E-state index contributed by atoms with van der Waals surface area (Å²) in [7, 11) is 0. The second kappa shape index (κ2) is 4.50. The number of rotatable bonds is 2. The molecule has 0 unspecified atom stereocenters. The third-order valence-corrected chi connectivity index (χ3v) is 3.89. The minimum atomic E-state index is 0.819. The van der Waals surface area contributed by atoms with E-state index in [1.807, 2.05) is 18.2 Å². The van der Waals surface area contributed by atoms with Crippen molar-refractivity contribution in [2.24, 2.45) is 0 Å². The summed E-state index contributed by atoms with van der Waals surface area (Å²) in [6.45, 7) is 0.819. The van der Waals surface area contributed by atoms with Gasteiger partial charge in [0.05, 0.1) is 11.2 Å². The van der Waals surface area contributed by atoms with Crippen molar-refractivity contribution in [1.29, 1.82) is 0 Å². The van der Waals surface area contributed by atoms with E-state index in [1.165, 1.54) is 10.9 Å². The highest BCUT2D eigenvalue weighted by atomic mass is 79.9. The number of benzene rings is 2. The standard InChI is InChI=1S/C15H13BrN2/c16-13-6-2-1-4-12(13)10-18-9-8-11-5-3-7-14(17)15(11)18/h1-9H,10,17H2. The molecule has 0 atom stereocenters. The zero-order valence-corrected chi connectivity index (χ0v) is 11.4. The molecule has 1 aromatic heterocycles. The Labute approximate surface area is 114 Å². The third kappa shape index (κ3) is 1.91. The Morgan fingerprint density at radius 3 is 2.67 bits per heavy atom. The Morgan fingerprint density at radius 1 is 1.00 bits per heavy atom. The SMILES string of the molecule is Nc1cccc2ccn(Cc3ccccc3Br)c12. The van der Waals surface area contributed by atoms with Crippen molar-refractivity contribution in [2.45, 2.75) is 6.54 Å². The van der Waals surface area contributed by atoms with Crippen molar-refractivity contribution in [2.75, 3.05) is 5.73 Å². The van der Waals surface area contributed by atoms with Crippen molar-refractivity contribution < 1.29 is 0 Å². The molecular formula is C15H13BrN2. The van der Waals surface area contributed by atoms with Crippen LogP contribution in [0.5, 0.6) is 0 Å². The number of nitrogens with zero attached hydrogens (tertiary/aromatic N) is 1. The first-order chi connectivity index (χ1) is 8.75. The highest BCUT2D eigenvalue weighted by Gasteiger charge is 2.06. The van der Waals surface area contributed by atoms with E-state index in [1.54, 1.807) is 0 Å². The van der Waals surface area contributed by atoms with E-state index in [4.69, 9.17) is 5.73 Å². The van der Waals surface area contributed by atoms with Gasteiger partial charge in [-0.25, -0.2) is 0 Å². The maximum absolute atomic E-state index is 6.06. The molecule has 0 fully saturated rings. The topological polar surface area (TPSA) is 30.9 Å². The molecule has 0 saturated heterocycles. The maximum atomic E-state index is 6.06. The molecule has 0 radical (unpaired) electrons. The van der Waals surface area contributed by atoms with Gasteiger partial charge in [0.1, 0.15) is 0 Å². The predicted octanol–water partition coefficient (Wildman–Crippen LogP) is 4.03. The summed E-state index contributed by atoms with van der Waals surface area (Å²) in [6, 6.07) is 16.4. The Bertz CT molecular complexity index is 701. The van der Waals surface area contributed by atoms with Gasteiger partial charge in [-0.1, -0.05) is 46.3 Å². The molecule has 90 valence electrons. The highest BCUT2D eigenvalue weighted by molar-refractivity contribution is 9.10. The molecule has 18 heavy (non-hydrogen) atoms. The van der Waals surface area contributed by atoms with Crippen molar-refractivity contribution in [1.82, 2.24) is 4.57 Å². The predicted molar refractivity (Wildman–Crippen MR) is 79.6 cm³/mol. The van der Waals surface area contributed by atoms with Crippen LogP contribution in [0.15, 0.2) is 59.2 Å². The van der Waals surface area contributed by atoms with Crippen molar-refractivity contribution >= 4 is 32.5 Å². The van der Waals surface area contributed by atoms with Gasteiger partial charge in [-0.15, -0.1) is 0 Å². The smallest absolute Gasteiger partial charge is 0.0716 e. The number of halogens is 1. The van der Waals surface area contributed by atoms with Crippen LogP contribution >= 0.6 is 15.9 Å². The molecule has 2 nitrogen and oxygen atoms in total. The lowest BCUT2D eigenvalue weighted by molar-refractivity contribution is 0.834. The van der Waals surface area contributed by atoms with Crippen LogP contribution in [-0.4, -0.2) is 4.57 Å². The minimum Gasteiger partial charge on any atom is -0.397 e. The van der Waals surface area contributed by atoms with Crippen LogP contribution in [-0.2, 0) is 6.54 Å². The van der Waals surface area contributed by atoms with E-state index in [0.29, 0.717) is 0 Å². The lowest BCUT2D eigenvalue weighted by Gasteiger charge is -2.09. The fraction of sp³-hybridized carbons (Fsp3) is 0.0667. The van der Waals surface area contributed by atoms with Gasteiger partial charge in [0.25, 0.3) is 0 Å². The first kappa shape index (κ1) is 11.4. The fourth-order valence-electron chi connectivity index (χ4n) is 2.23. The Kier molecular flexibility index (Phi) is 2.84. The molecule has 0 bridgehead atoms. The second-order valence-electron chi connectivity index (χ2n) is 4.32. The summed E-state index contributed by atoms with van der Waals surface area (Å²) in [6.07, 6.45) is 2.08. The van der Waals surface area contributed by atoms with Crippen LogP contribution in [0, 0.1) is 0 Å². The van der Waals surface area contributed by atoms with Gasteiger partial charge in [0.2, 0.25) is 0 Å². The molecule has 0 aliphatic carbocycles. The molecule has 3 aromatic rings. The van der Waals surface area contributed by atoms with Crippen LogP contribution in [0.25, 0.3) is 10.9 Å². The Balaban J connectivity index is 2.09. The van der Waals surface area contributed by atoms with Crippen molar-refractivity contribution in [3.05, 3.63) is 64.8 Å². The van der Waals surface area contributed by atoms with Crippen molar-refractivity contribution in [3.8, 4) is 0 Å². The Hall–Kier alpha value is -1.74. The molecule has 2 N–H and O–H groups in total. The summed E-state index contributed by atoms with van der Waals surface area (Å²) >= 11 is 3.58. The molecule has 0 aliphatic rings. The summed E-state index contributed by atoms with van der Waals surface area (Å²) in [5.74, 6) is 0. The quantitative estimate of drug-likeness (QED) is 0.712. The van der Waals surface area contributed by atoms with Crippen LogP contribution in [0.2, 0.25) is 0 Å². The monoisotopic (exact) mass is 300 g/mol. The summed E-state index contributed by atoms with van der Waals surface area (Å²) < 4.78 is 3.31. The van der Waals surface area contributed by atoms with Crippen LogP contribution < -0.4 is 5.73 Å². The zero-order valence-electron chi connectivity index (χ0n) is 9.81. The van der Waals surface area contributed by atoms with E-state index in [2.05, 4.69) is 57.0 Å². The number of aromatic nitrogens is 1. The Morgan fingerprint density at radius 2 is 1.83 bits per heavy atom. The molecule has 0 spiro atoms. The number of nitrogens with two attached hydrogens (primary N) is 1. The van der Waals surface area contributed by atoms with Crippen LogP contribution in [0.3, 0.4) is 0 Å². The largest absolute Gasteiger partial charge is 0.397 e. The van der Waals surface area contributed by atoms with Gasteiger partial charge < -0.3 is 10.3 Å². The molecule has 3 heteroatoms. The second-order valence-corrected chi connectivity index (χ2v) is 5.17. The van der Waals surface area contributed by atoms with Gasteiger partial charge >= 0.3 is 0 Å². The summed E-state index contributed by atoms with van der Waals surface area (Å²) in [4.78, 5) is 0. The number of nitrogen functional groups attached to an aromatic ring is 1. The summed E-state index contributed by atoms with van der Waals surface area (Å²) in [5, 5.41) is 1.18. The van der Waals surface area contributed by atoms with E-state index in [-0.39, 0.29) is 0 Å². The molecule has 1 heterocycles. The van der Waals surface area contributed by atoms with Gasteiger partial charge in [0, 0.05) is 22.6 Å². The first-order valence-corrected chi connectivity index (χ1v) is 6.62. The highest BCUT2D eigenvalue weighted by Crippen LogP contribution is 2.24. The number of hydrogen-bond acceptors (Lipinski definition) is 1. The lowest BCUT2D eigenvalue weighted by atomic mass is 10.2. The minimum absolute atomic E-state index is 0.819. The molecular weight excluding hydrogens is 288 g/mol. The lowest BCUT2D eigenvalue weighted by Crippen LogP contribution is -2.00. The molecule has 0 saturated carbocycles. The van der Waals surface area contributed by atoms with E-state index >= 15 is 0 Å². The zero-order chi connectivity index (χ0) is 12.5. The fourth-order valence-corrected chi connectivity index (χ4v) is 2.64. The molecule has 3 rings (SSSR count). The number of fused-ring (bicyclic) bond motifs is 1. The van der Waals surface area contributed by atoms with Crippen LogP contribution in [0.1, 0.15) is 5.56 Å². The van der Waals surface area contributed by atoms with E-state index in [0.717, 1.165) is 22.2 Å². The average molecular weight is 301 g/mol. The molecule has 0 amide bonds. The van der Waals surface area contributed by atoms with Gasteiger partial charge in [-0.3, -0.25) is 0 Å². The van der Waals surface area contributed by atoms with Gasteiger partial charge in [0.15, 0.2) is 0 Å². The van der Waals surface area contributed by atoms with Crippen LogP contribution in [0.4, 0.5) is 5.69 Å². The molecule has 0 aliphatic heterocycles. The van der Waals surface area contributed by atoms with Gasteiger partial charge in [-0.05, 0) is 23.8 Å². The van der Waals surface area contributed by atoms with Crippen molar-refractivity contribution in [3.63, 3.8) is 0 Å². The molecule has 2 aromatic carbocycles.